The summed E-state index contributed by atoms with van der Waals surface area (Å²) in [7, 11) is 0. The molecule has 2 rings (SSSR count). The van der Waals surface area contributed by atoms with Crippen molar-refractivity contribution in [3.05, 3.63) is 0 Å². The van der Waals surface area contributed by atoms with Crippen LogP contribution in [-0.4, -0.2) is 24.6 Å². The van der Waals surface area contributed by atoms with Gasteiger partial charge in [-0.3, -0.25) is 0 Å². The maximum absolute atomic E-state index is 5.60. The predicted octanol–water partition coefficient (Wildman–Crippen LogP) is 0.685. The Kier molecular flexibility index (Phi) is 1.82. The molecule has 1 aliphatic heterocycles. The molecule has 2 unspecified atom stereocenters. The minimum atomic E-state index is 0.400. The van der Waals surface area contributed by atoms with Gasteiger partial charge in [-0.1, -0.05) is 0 Å². The SMILES string of the molecule is NCCC1=NC2CCCC2O1. The summed E-state index contributed by atoms with van der Waals surface area (Å²) in [4.78, 5) is 4.45. The average Bonchev–Trinajstić information content (AvgIpc) is 2.46. The van der Waals surface area contributed by atoms with E-state index in [1.165, 1.54) is 19.3 Å². The highest BCUT2D eigenvalue weighted by atomic mass is 16.5. The van der Waals surface area contributed by atoms with Gasteiger partial charge in [-0.15, -0.1) is 0 Å². The number of aliphatic imine (C=N–C) groups is 1. The highest BCUT2D eigenvalue weighted by Gasteiger charge is 2.34. The molecule has 0 radical (unpaired) electrons. The zero-order valence-electron chi connectivity index (χ0n) is 6.62. The third-order valence-electron chi connectivity index (χ3n) is 2.37. The van der Waals surface area contributed by atoms with Crippen LogP contribution in [0.25, 0.3) is 0 Å². The first kappa shape index (κ1) is 7.10. The second-order valence-corrected chi connectivity index (χ2v) is 3.22. The van der Waals surface area contributed by atoms with Crippen LogP contribution in [0.2, 0.25) is 0 Å². The topological polar surface area (TPSA) is 47.6 Å². The van der Waals surface area contributed by atoms with Crippen molar-refractivity contribution in [1.82, 2.24) is 0 Å². The Labute approximate surface area is 66.6 Å². The molecule has 1 aliphatic carbocycles. The number of ether oxygens (including phenoxy) is 1. The van der Waals surface area contributed by atoms with Crippen LogP contribution < -0.4 is 5.73 Å². The molecule has 1 fully saturated rings. The van der Waals surface area contributed by atoms with Gasteiger partial charge in [0.05, 0.1) is 6.04 Å². The molecule has 0 amide bonds. The van der Waals surface area contributed by atoms with E-state index in [-0.39, 0.29) is 0 Å². The minimum Gasteiger partial charge on any atom is -0.475 e. The van der Waals surface area contributed by atoms with Crippen LogP contribution in [-0.2, 0) is 4.74 Å². The van der Waals surface area contributed by atoms with Gasteiger partial charge in [-0.25, -0.2) is 4.99 Å². The van der Waals surface area contributed by atoms with Crippen molar-refractivity contribution in [2.45, 2.75) is 37.8 Å². The molecule has 3 nitrogen and oxygen atoms in total. The highest BCUT2D eigenvalue weighted by Crippen LogP contribution is 2.29. The van der Waals surface area contributed by atoms with Crippen LogP contribution >= 0.6 is 0 Å². The minimum absolute atomic E-state index is 0.400. The standard InChI is InChI=1S/C8H14N2O/c9-5-4-8-10-6-2-1-3-7(6)11-8/h6-7H,1-5,9H2. The van der Waals surface area contributed by atoms with E-state index in [2.05, 4.69) is 4.99 Å². The van der Waals surface area contributed by atoms with E-state index < -0.39 is 0 Å². The van der Waals surface area contributed by atoms with Gasteiger partial charge < -0.3 is 10.5 Å². The lowest BCUT2D eigenvalue weighted by molar-refractivity contribution is 0.206. The molecule has 2 aliphatic rings. The summed E-state index contributed by atoms with van der Waals surface area (Å²) in [5.41, 5.74) is 5.40. The van der Waals surface area contributed by atoms with Gasteiger partial charge in [-0.05, 0) is 19.3 Å². The molecular formula is C8H14N2O. The molecule has 3 heteroatoms. The van der Waals surface area contributed by atoms with Crippen molar-refractivity contribution < 1.29 is 4.74 Å². The summed E-state index contributed by atoms with van der Waals surface area (Å²) in [6.07, 6.45) is 4.87. The van der Waals surface area contributed by atoms with Gasteiger partial charge in [0.1, 0.15) is 6.10 Å². The third kappa shape index (κ3) is 1.25. The summed E-state index contributed by atoms with van der Waals surface area (Å²) in [6, 6.07) is 0.469. The molecule has 0 spiro atoms. The molecule has 62 valence electrons. The lowest BCUT2D eigenvalue weighted by atomic mass is 10.2. The number of rotatable bonds is 2. The third-order valence-corrected chi connectivity index (χ3v) is 2.37. The quantitative estimate of drug-likeness (QED) is 0.636. The first-order valence-electron chi connectivity index (χ1n) is 4.33. The smallest absolute Gasteiger partial charge is 0.185 e. The molecule has 1 heterocycles. The Morgan fingerprint density at radius 3 is 3.18 bits per heavy atom. The zero-order valence-corrected chi connectivity index (χ0v) is 6.62. The van der Waals surface area contributed by atoms with Crippen LogP contribution in [0.1, 0.15) is 25.7 Å². The summed E-state index contributed by atoms with van der Waals surface area (Å²) in [5.74, 6) is 0.891. The summed E-state index contributed by atoms with van der Waals surface area (Å²) in [6.45, 7) is 0.651. The summed E-state index contributed by atoms with van der Waals surface area (Å²) in [5, 5.41) is 0. The van der Waals surface area contributed by atoms with Gasteiger partial charge >= 0.3 is 0 Å². The largest absolute Gasteiger partial charge is 0.475 e. The Morgan fingerprint density at radius 1 is 1.55 bits per heavy atom. The fourth-order valence-corrected chi connectivity index (χ4v) is 1.83. The predicted molar refractivity (Wildman–Crippen MR) is 43.6 cm³/mol. The Hall–Kier alpha value is -0.570. The molecule has 0 saturated heterocycles. The fraction of sp³-hybridized carbons (Fsp3) is 0.875. The normalized spacial score (nSPS) is 34.8. The van der Waals surface area contributed by atoms with Crippen molar-refractivity contribution in [2.24, 2.45) is 10.7 Å². The number of nitrogens with zero attached hydrogens (tertiary/aromatic N) is 1. The number of hydrogen-bond acceptors (Lipinski definition) is 3. The molecule has 0 bridgehead atoms. The van der Waals surface area contributed by atoms with Crippen LogP contribution in [0.15, 0.2) is 4.99 Å². The number of hydrogen-bond donors (Lipinski definition) is 1. The average molecular weight is 154 g/mol. The first-order valence-corrected chi connectivity index (χ1v) is 4.33. The van der Waals surface area contributed by atoms with E-state index in [1.54, 1.807) is 0 Å². The lowest BCUT2D eigenvalue weighted by Crippen LogP contribution is -2.15. The van der Waals surface area contributed by atoms with Gasteiger partial charge in [0.25, 0.3) is 0 Å². The van der Waals surface area contributed by atoms with Crippen molar-refractivity contribution in [3.63, 3.8) is 0 Å². The maximum Gasteiger partial charge on any atom is 0.185 e. The summed E-state index contributed by atoms with van der Waals surface area (Å²) < 4.78 is 5.60. The van der Waals surface area contributed by atoms with Gasteiger partial charge in [0.15, 0.2) is 5.90 Å². The molecule has 0 aromatic heterocycles. The van der Waals surface area contributed by atoms with E-state index in [0.717, 1.165) is 12.3 Å². The number of nitrogens with two attached hydrogens (primary N) is 1. The first-order chi connectivity index (χ1) is 5.40. The Morgan fingerprint density at radius 2 is 2.45 bits per heavy atom. The van der Waals surface area contributed by atoms with Crippen molar-refractivity contribution in [3.8, 4) is 0 Å². The zero-order chi connectivity index (χ0) is 7.68. The Bertz CT molecular complexity index is 179. The highest BCUT2D eigenvalue weighted by molar-refractivity contribution is 5.78. The molecule has 0 aromatic carbocycles. The molecule has 0 aromatic rings. The molecule has 11 heavy (non-hydrogen) atoms. The molecular weight excluding hydrogens is 140 g/mol. The second-order valence-electron chi connectivity index (χ2n) is 3.22. The summed E-state index contributed by atoms with van der Waals surface area (Å²) >= 11 is 0. The fourth-order valence-electron chi connectivity index (χ4n) is 1.83. The van der Waals surface area contributed by atoms with Gasteiger partial charge in [-0.2, -0.15) is 0 Å². The lowest BCUT2D eigenvalue weighted by Gasteiger charge is -2.07. The molecule has 2 atom stereocenters. The maximum atomic E-state index is 5.60. The second kappa shape index (κ2) is 2.81. The van der Waals surface area contributed by atoms with Crippen LogP contribution in [0.4, 0.5) is 0 Å². The van der Waals surface area contributed by atoms with E-state index in [1.807, 2.05) is 0 Å². The van der Waals surface area contributed by atoms with Crippen molar-refractivity contribution >= 4 is 5.90 Å². The van der Waals surface area contributed by atoms with E-state index in [9.17, 15) is 0 Å². The van der Waals surface area contributed by atoms with Crippen LogP contribution in [0.3, 0.4) is 0 Å². The van der Waals surface area contributed by atoms with E-state index in [4.69, 9.17) is 10.5 Å². The van der Waals surface area contributed by atoms with Crippen LogP contribution in [0, 0.1) is 0 Å². The number of fused-ring (bicyclic) bond motifs is 1. The Balaban J connectivity index is 1.96. The molecule has 1 saturated carbocycles. The monoisotopic (exact) mass is 154 g/mol. The van der Waals surface area contributed by atoms with E-state index in [0.29, 0.717) is 18.7 Å². The van der Waals surface area contributed by atoms with Crippen molar-refractivity contribution in [2.75, 3.05) is 6.54 Å². The van der Waals surface area contributed by atoms with Crippen LogP contribution in [0.5, 0.6) is 0 Å². The van der Waals surface area contributed by atoms with Crippen molar-refractivity contribution in [1.29, 1.82) is 0 Å². The van der Waals surface area contributed by atoms with Gasteiger partial charge in [0, 0.05) is 13.0 Å². The van der Waals surface area contributed by atoms with E-state index >= 15 is 0 Å². The molecule has 2 N–H and O–H groups in total. The van der Waals surface area contributed by atoms with Gasteiger partial charge in [0.2, 0.25) is 0 Å².